The molecule has 1 aliphatic heterocycles. The number of aryl methyl sites for hydroxylation is 2. The molecule has 0 aromatic heterocycles. The Kier molecular flexibility index (Phi) is 4.82. The predicted octanol–water partition coefficient (Wildman–Crippen LogP) is 5.86. The first-order chi connectivity index (χ1) is 13.5. The Balaban J connectivity index is 1.52. The molecule has 0 fully saturated rings. The lowest BCUT2D eigenvalue weighted by atomic mass is 10.0. The molecule has 140 valence electrons. The smallest absolute Gasteiger partial charge is 0.185 e. The highest BCUT2D eigenvalue weighted by molar-refractivity contribution is 6.07. The van der Waals surface area contributed by atoms with E-state index in [-0.39, 0.29) is 11.6 Å². The molecular formula is C25H22FNO. The summed E-state index contributed by atoms with van der Waals surface area (Å²) in [6, 6.07) is 18.4. The Morgan fingerprint density at radius 1 is 0.929 bits per heavy atom. The van der Waals surface area contributed by atoms with Crippen LogP contribution in [0.5, 0.6) is 0 Å². The van der Waals surface area contributed by atoms with E-state index in [1.807, 2.05) is 24.3 Å². The van der Waals surface area contributed by atoms with Crippen molar-refractivity contribution in [3.8, 4) is 0 Å². The van der Waals surface area contributed by atoms with Crippen LogP contribution in [-0.4, -0.2) is 5.78 Å². The molecule has 0 radical (unpaired) electrons. The molecule has 0 aliphatic carbocycles. The molecule has 3 aromatic rings. The molecule has 1 aliphatic rings. The third kappa shape index (κ3) is 3.74. The molecule has 0 atom stereocenters. The number of hydrogen-bond acceptors (Lipinski definition) is 2. The summed E-state index contributed by atoms with van der Waals surface area (Å²) in [4.78, 5) is 14.9. The van der Waals surface area contributed by atoms with Gasteiger partial charge in [-0.05, 0) is 72.0 Å². The van der Waals surface area contributed by atoms with Crippen molar-refractivity contribution in [1.82, 2.24) is 0 Å². The van der Waals surface area contributed by atoms with Gasteiger partial charge >= 0.3 is 0 Å². The molecule has 0 N–H and O–H groups in total. The molecule has 3 aromatic carbocycles. The summed E-state index contributed by atoms with van der Waals surface area (Å²) in [6.45, 7) is 6.01. The first kappa shape index (κ1) is 18.2. The van der Waals surface area contributed by atoms with Crippen molar-refractivity contribution in [3.63, 3.8) is 0 Å². The van der Waals surface area contributed by atoms with Crippen LogP contribution < -0.4 is 4.90 Å². The van der Waals surface area contributed by atoms with E-state index in [2.05, 4.69) is 30.9 Å². The highest BCUT2D eigenvalue weighted by Crippen LogP contribution is 2.30. The van der Waals surface area contributed by atoms with Gasteiger partial charge in [-0.25, -0.2) is 4.39 Å². The van der Waals surface area contributed by atoms with E-state index in [9.17, 15) is 9.18 Å². The topological polar surface area (TPSA) is 20.3 Å². The van der Waals surface area contributed by atoms with Crippen LogP contribution in [0.1, 0.15) is 38.2 Å². The van der Waals surface area contributed by atoms with Crippen molar-refractivity contribution in [2.45, 2.75) is 26.9 Å². The second-order valence-corrected chi connectivity index (χ2v) is 7.36. The van der Waals surface area contributed by atoms with Crippen molar-refractivity contribution in [3.05, 3.63) is 106 Å². The summed E-state index contributed by atoms with van der Waals surface area (Å²) in [5, 5.41) is 0. The van der Waals surface area contributed by atoms with Crippen LogP contribution >= 0.6 is 0 Å². The average molecular weight is 371 g/mol. The summed E-state index contributed by atoms with van der Waals surface area (Å²) < 4.78 is 13.0. The Morgan fingerprint density at radius 2 is 1.57 bits per heavy atom. The highest BCUT2D eigenvalue weighted by Gasteiger charge is 2.20. The van der Waals surface area contributed by atoms with Crippen LogP contribution in [0.15, 0.2) is 66.7 Å². The number of ketones is 1. The van der Waals surface area contributed by atoms with Crippen LogP contribution in [0.25, 0.3) is 6.08 Å². The zero-order valence-electron chi connectivity index (χ0n) is 16.1. The Morgan fingerprint density at radius 3 is 2.21 bits per heavy atom. The minimum Gasteiger partial charge on any atom is -0.363 e. The molecule has 0 amide bonds. The number of benzene rings is 3. The summed E-state index contributed by atoms with van der Waals surface area (Å²) in [5.41, 5.74) is 7.84. The van der Waals surface area contributed by atoms with Gasteiger partial charge in [0.15, 0.2) is 5.78 Å². The zero-order chi connectivity index (χ0) is 19.7. The molecule has 28 heavy (non-hydrogen) atoms. The number of anilines is 1. The lowest BCUT2D eigenvalue weighted by Crippen LogP contribution is -2.14. The fraction of sp³-hybridized carbons (Fsp3) is 0.160. The van der Waals surface area contributed by atoms with Crippen molar-refractivity contribution in [1.29, 1.82) is 0 Å². The number of hydrogen-bond donors (Lipinski definition) is 0. The van der Waals surface area contributed by atoms with Crippen molar-refractivity contribution < 1.29 is 9.18 Å². The molecule has 4 rings (SSSR count). The molecule has 0 unspecified atom stereocenters. The Hall–Kier alpha value is -3.20. The molecular weight excluding hydrogens is 349 g/mol. The average Bonchev–Trinajstić information content (AvgIpc) is 3.10. The maximum atomic E-state index is 13.0. The number of rotatable bonds is 4. The molecule has 2 nitrogen and oxygen atoms in total. The van der Waals surface area contributed by atoms with Gasteiger partial charge in [-0.2, -0.15) is 0 Å². The van der Waals surface area contributed by atoms with Gasteiger partial charge in [0.2, 0.25) is 0 Å². The first-order valence-electron chi connectivity index (χ1n) is 9.41. The van der Waals surface area contributed by atoms with Gasteiger partial charge in [-0.3, -0.25) is 4.79 Å². The van der Waals surface area contributed by atoms with E-state index >= 15 is 0 Å². The highest BCUT2D eigenvalue weighted by atomic mass is 19.1. The normalized spacial score (nSPS) is 13.2. The van der Waals surface area contributed by atoms with Gasteiger partial charge in [0, 0.05) is 24.3 Å². The molecule has 0 spiro atoms. The standard InChI is InChI=1S/C25H22FNO/c1-17-12-21-15-27(16-22(21)13-18(17)2)24-5-3-4-20(14-24)25(28)11-8-19-6-9-23(26)10-7-19/h3-14H,15-16H2,1-2H3/b11-8+. The Labute approximate surface area is 164 Å². The van der Waals surface area contributed by atoms with E-state index in [0.29, 0.717) is 5.56 Å². The molecule has 3 heteroatoms. The number of carbonyl (C=O) groups is 1. The van der Waals surface area contributed by atoms with Gasteiger partial charge < -0.3 is 4.90 Å². The third-order valence-corrected chi connectivity index (χ3v) is 5.33. The molecule has 0 saturated carbocycles. The predicted molar refractivity (Wildman–Crippen MR) is 112 cm³/mol. The first-order valence-corrected chi connectivity index (χ1v) is 9.41. The van der Waals surface area contributed by atoms with Gasteiger partial charge in [0.25, 0.3) is 0 Å². The summed E-state index contributed by atoms with van der Waals surface area (Å²) in [7, 11) is 0. The van der Waals surface area contributed by atoms with Crippen molar-refractivity contribution >= 4 is 17.5 Å². The lowest BCUT2D eigenvalue weighted by molar-refractivity contribution is 0.104. The van der Waals surface area contributed by atoms with Crippen LogP contribution in [0.4, 0.5) is 10.1 Å². The summed E-state index contributed by atoms with van der Waals surface area (Å²) >= 11 is 0. The van der Waals surface area contributed by atoms with E-state index in [1.54, 1.807) is 18.2 Å². The largest absolute Gasteiger partial charge is 0.363 e. The van der Waals surface area contributed by atoms with Gasteiger partial charge in [-0.1, -0.05) is 42.5 Å². The monoisotopic (exact) mass is 371 g/mol. The van der Waals surface area contributed by atoms with Crippen molar-refractivity contribution in [2.24, 2.45) is 0 Å². The fourth-order valence-corrected chi connectivity index (χ4v) is 3.58. The molecule has 1 heterocycles. The quantitative estimate of drug-likeness (QED) is 0.423. The van der Waals surface area contributed by atoms with Gasteiger partial charge in [0.1, 0.15) is 5.82 Å². The fourth-order valence-electron chi connectivity index (χ4n) is 3.58. The minimum atomic E-state index is -0.284. The van der Waals surface area contributed by atoms with E-state index < -0.39 is 0 Å². The third-order valence-electron chi connectivity index (χ3n) is 5.33. The zero-order valence-corrected chi connectivity index (χ0v) is 16.1. The van der Waals surface area contributed by atoms with Crippen molar-refractivity contribution in [2.75, 3.05) is 4.90 Å². The number of carbonyl (C=O) groups excluding carboxylic acids is 1. The number of fused-ring (bicyclic) bond motifs is 1. The van der Waals surface area contributed by atoms with E-state index in [1.165, 1.54) is 40.5 Å². The SMILES string of the molecule is Cc1cc2c(cc1C)CN(c1cccc(C(=O)/C=C/c3ccc(F)cc3)c1)C2. The van der Waals surface area contributed by atoms with Crippen LogP contribution in [0, 0.1) is 19.7 Å². The number of nitrogens with zero attached hydrogens (tertiary/aromatic N) is 1. The Bertz CT molecular complexity index is 1040. The van der Waals surface area contributed by atoms with Crippen LogP contribution in [0.2, 0.25) is 0 Å². The molecule has 0 saturated heterocycles. The second kappa shape index (κ2) is 7.43. The van der Waals surface area contributed by atoms with E-state index in [4.69, 9.17) is 0 Å². The van der Waals surface area contributed by atoms with Gasteiger partial charge in [-0.15, -0.1) is 0 Å². The summed E-state index contributed by atoms with van der Waals surface area (Å²) in [5.74, 6) is -0.345. The number of allylic oxidation sites excluding steroid dienone is 1. The van der Waals surface area contributed by atoms with Crippen LogP contribution in [-0.2, 0) is 13.1 Å². The maximum absolute atomic E-state index is 13.0. The second-order valence-electron chi connectivity index (χ2n) is 7.36. The number of halogens is 1. The maximum Gasteiger partial charge on any atom is 0.185 e. The molecule has 0 bridgehead atoms. The van der Waals surface area contributed by atoms with Gasteiger partial charge in [0.05, 0.1) is 0 Å². The minimum absolute atomic E-state index is 0.0606. The van der Waals surface area contributed by atoms with E-state index in [0.717, 1.165) is 24.3 Å². The lowest BCUT2D eigenvalue weighted by Gasteiger charge is -2.18. The summed E-state index contributed by atoms with van der Waals surface area (Å²) in [6.07, 6.45) is 3.25. The van der Waals surface area contributed by atoms with Crippen LogP contribution in [0.3, 0.4) is 0 Å².